The molecule has 0 bridgehead atoms. The number of aromatic nitrogens is 4. The third kappa shape index (κ3) is 2.18. The average molecular weight is 238 g/mol. The van der Waals surface area contributed by atoms with Gasteiger partial charge in [-0.15, -0.1) is 0 Å². The molecule has 0 atom stereocenters. The average Bonchev–Trinajstić information content (AvgIpc) is 3.09. The predicted molar refractivity (Wildman–Crippen MR) is 70.0 cm³/mol. The Morgan fingerprint density at radius 2 is 1.94 bits per heavy atom. The van der Waals surface area contributed by atoms with Crippen LogP contribution in [-0.4, -0.2) is 19.7 Å². The lowest BCUT2D eigenvalue weighted by Crippen LogP contribution is -2.02. The molecule has 3 aromatic rings. The lowest BCUT2D eigenvalue weighted by Gasteiger charge is -2.06. The van der Waals surface area contributed by atoms with Gasteiger partial charge in [0.15, 0.2) is 0 Å². The van der Waals surface area contributed by atoms with E-state index in [0.717, 1.165) is 30.0 Å². The van der Waals surface area contributed by atoms with Crippen molar-refractivity contribution in [3.05, 3.63) is 60.7 Å². The minimum Gasteiger partial charge on any atom is -0.331 e. The van der Waals surface area contributed by atoms with Crippen molar-refractivity contribution in [1.29, 1.82) is 0 Å². The van der Waals surface area contributed by atoms with Gasteiger partial charge in [-0.05, 0) is 6.07 Å². The van der Waals surface area contributed by atoms with E-state index in [0.29, 0.717) is 0 Å². The molecule has 18 heavy (non-hydrogen) atoms. The van der Waals surface area contributed by atoms with E-state index >= 15 is 0 Å². The van der Waals surface area contributed by atoms with Gasteiger partial charge in [-0.3, -0.25) is 5.10 Å². The van der Waals surface area contributed by atoms with Crippen LogP contribution in [0.25, 0.3) is 11.4 Å². The van der Waals surface area contributed by atoms with Gasteiger partial charge < -0.3 is 4.57 Å². The van der Waals surface area contributed by atoms with E-state index < -0.39 is 0 Å². The summed E-state index contributed by atoms with van der Waals surface area (Å²) in [6.45, 7) is 0.895. The molecule has 3 rings (SSSR count). The highest BCUT2D eigenvalue weighted by Gasteiger charge is 2.05. The van der Waals surface area contributed by atoms with Gasteiger partial charge in [-0.25, -0.2) is 4.98 Å². The molecular formula is C14H14N4. The van der Waals surface area contributed by atoms with E-state index in [-0.39, 0.29) is 0 Å². The molecule has 0 aliphatic rings. The van der Waals surface area contributed by atoms with Crippen LogP contribution in [0, 0.1) is 0 Å². The van der Waals surface area contributed by atoms with Crippen LogP contribution in [0.15, 0.2) is 55.0 Å². The molecule has 1 aromatic carbocycles. The van der Waals surface area contributed by atoms with Crippen LogP contribution in [0.1, 0.15) is 5.69 Å². The maximum Gasteiger partial charge on any atom is 0.139 e. The summed E-state index contributed by atoms with van der Waals surface area (Å²) in [5.41, 5.74) is 2.29. The molecule has 0 amide bonds. The second-order valence-corrected chi connectivity index (χ2v) is 4.14. The molecule has 1 N–H and O–H groups in total. The maximum atomic E-state index is 4.42. The van der Waals surface area contributed by atoms with Crippen molar-refractivity contribution in [3.63, 3.8) is 0 Å². The SMILES string of the molecule is c1ccc(-c2nccn2CCc2ccn[nH]2)cc1. The Hall–Kier alpha value is -2.36. The van der Waals surface area contributed by atoms with Crippen LogP contribution in [-0.2, 0) is 13.0 Å². The molecule has 0 saturated carbocycles. The summed E-state index contributed by atoms with van der Waals surface area (Å²) in [4.78, 5) is 4.42. The van der Waals surface area contributed by atoms with Crippen molar-refractivity contribution in [2.24, 2.45) is 0 Å². The van der Waals surface area contributed by atoms with Gasteiger partial charge in [0.2, 0.25) is 0 Å². The van der Waals surface area contributed by atoms with Crippen LogP contribution in [0.3, 0.4) is 0 Å². The van der Waals surface area contributed by atoms with E-state index in [9.17, 15) is 0 Å². The second kappa shape index (κ2) is 4.87. The van der Waals surface area contributed by atoms with Gasteiger partial charge in [0, 0.05) is 42.8 Å². The molecule has 90 valence electrons. The first kappa shape index (κ1) is 10.8. The fourth-order valence-electron chi connectivity index (χ4n) is 2.00. The highest BCUT2D eigenvalue weighted by Crippen LogP contribution is 2.16. The van der Waals surface area contributed by atoms with Crippen molar-refractivity contribution >= 4 is 0 Å². The number of nitrogens with one attached hydrogen (secondary N) is 1. The Bertz CT molecular complexity index is 596. The first-order chi connectivity index (χ1) is 8.93. The summed E-state index contributed by atoms with van der Waals surface area (Å²) < 4.78 is 2.16. The van der Waals surface area contributed by atoms with Crippen LogP contribution in [0.5, 0.6) is 0 Å². The highest BCUT2D eigenvalue weighted by molar-refractivity contribution is 5.55. The Balaban J connectivity index is 1.80. The van der Waals surface area contributed by atoms with E-state index in [2.05, 4.69) is 31.9 Å². The monoisotopic (exact) mass is 238 g/mol. The number of nitrogens with zero attached hydrogens (tertiary/aromatic N) is 3. The van der Waals surface area contributed by atoms with Crippen LogP contribution in [0.2, 0.25) is 0 Å². The summed E-state index contributed by atoms with van der Waals surface area (Å²) in [5, 5.41) is 6.93. The molecule has 4 nitrogen and oxygen atoms in total. The lowest BCUT2D eigenvalue weighted by atomic mass is 10.2. The van der Waals surface area contributed by atoms with Gasteiger partial charge in [0.25, 0.3) is 0 Å². The molecule has 2 heterocycles. The summed E-state index contributed by atoms with van der Waals surface area (Å²) in [6, 6.07) is 12.2. The molecular weight excluding hydrogens is 224 g/mol. The first-order valence-corrected chi connectivity index (χ1v) is 5.98. The standard InChI is InChI=1S/C14H14N4/c1-2-4-12(5-3-1)14-15-9-11-18(14)10-7-13-6-8-16-17-13/h1-6,8-9,11H,7,10H2,(H,16,17). The Morgan fingerprint density at radius 3 is 2.72 bits per heavy atom. The van der Waals surface area contributed by atoms with Crippen molar-refractivity contribution in [3.8, 4) is 11.4 Å². The Labute approximate surface area is 105 Å². The Morgan fingerprint density at radius 1 is 1.06 bits per heavy atom. The first-order valence-electron chi connectivity index (χ1n) is 5.98. The second-order valence-electron chi connectivity index (χ2n) is 4.14. The van der Waals surface area contributed by atoms with Crippen LogP contribution in [0.4, 0.5) is 0 Å². The molecule has 0 radical (unpaired) electrons. The van der Waals surface area contributed by atoms with Gasteiger partial charge in [-0.2, -0.15) is 5.10 Å². The van der Waals surface area contributed by atoms with E-state index in [1.165, 1.54) is 0 Å². The molecule has 0 saturated heterocycles. The fourth-order valence-corrected chi connectivity index (χ4v) is 2.00. The normalized spacial score (nSPS) is 10.7. The van der Waals surface area contributed by atoms with E-state index in [1.807, 2.05) is 36.7 Å². The van der Waals surface area contributed by atoms with Crippen molar-refractivity contribution < 1.29 is 0 Å². The predicted octanol–water partition coefficient (Wildman–Crippen LogP) is 2.52. The zero-order valence-corrected chi connectivity index (χ0v) is 9.95. The van der Waals surface area contributed by atoms with Crippen molar-refractivity contribution in [2.75, 3.05) is 0 Å². The largest absolute Gasteiger partial charge is 0.331 e. The number of aryl methyl sites for hydroxylation is 2. The summed E-state index contributed by atoms with van der Waals surface area (Å²) >= 11 is 0. The zero-order chi connectivity index (χ0) is 12.2. The minimum absolute atomic E-state index is 0.895. The molecule has 4 heteroatoms. The smallest absolute Gasteiger partial charge is 0.139 e. The van der Waals surface area contributed by atoms with Gasteiger partial charge in [-0.1, -0.05) is 30.3 Å². The zero-order valence-electron chi connectivity index (χ0n) is 9.95. The molecule has 0 aliphatic heterocycles. The number of rotatable bonds is 4. The number of H-pyrrole nitrogens is 1. The lowest BCUT2D eigenvalue weighted by molar-refractivity contribution is 0.690. The summed E-state index contributed by atoms with van der Waals surface area (Å²) in [6.07, 6.45) is 6.56. The topological polar surface area (TPSA) is 46.5 Å². The maximum absolute atomic E-state index is 4.42. The van der Waals surface area contributed by atoms with Crippen LogP contribution >= 0.6 is 0 Å². The quantitative estimate of drug-likeness (QED) is 0.759. The van der Waals surface area contributed by atoms with Crippen molar-refractivity contribution in [2.45, 2.75) is 13.0 Å². The number of aromatic amines is 1. The summed E-state index contributed by atoms with van der Waals surface area (Å²) in [7, 11) is 0. The fraction of sp³-hybridized carbons (Fsp3) is 0.143. The Kier molecular flexibility index (Phi) is 2.92. The highest BCUT2D eigenvalue weighted by atomic mass is 15.1. The number of imidazole rings is 1. The van der Waals surface area contributed by atoms with Gasteiger partial charge in [0.1, 0.15) is 5.82 Å². The number of benzene rings is 1. The molecule has 2 aromatic heterocycles. The number of hydrogen-bond donors (Lipinski definition) is 1. The number of hydrogen-bond acceptors (Lipinski definition) is 2. The molecule has 0 aliphatic carbocycles. The molecule has 0 unspecified atom stereocenters. The molecule has 0 fully saturated rings. The van der Waals surface area contributed by atoms with E-state index in [4.69, 9.17) is 0 Å². The summed E-state index contributed by atoms with van der Waals surface area (Å²) in [5.74, 6) is 1.01. The van der Waals surface area contributed by atoms with Gasteiger partial charge in [0.05, 0.1) is 0 Å². The third-order valence-electron chi connectivity index (χ3n) is 2.93. The van der Waals surface area contributed by atoms with Crippen molar-refractivity contribution in [1.82, 2.24) is 19.7 Å². The van der Waals surface area contributed by atoms with Crippen LogP contribution < -0.4 is 0 Å². The third-order valence-corrected chi connectivity index (χ3v) is 2.93. The van der Waals surface area contributed by atoms with Gasteiger partial charge >= 0.3 is 0 Å². The minimum atomic E-state index is 0.895. The van der Waals surface area contributed by atoms with E-state index in [1.54, 1.807) is 6.20 Å². The molecule has 0 spiro atoms.